The smallest absolute Gasteiger partial charge is 0.269 e. The van der Waals surface area contributed by atoms with Crippen molar-refractivity contribution in [3.05, 3.63) is 58.6 Å². The predicted molar refractivity (Wildman–Crippen MR) is 63.3 cm³/mol. The summed E-state index contributed by atoms with van der Waals surface area (Å²) < 4.78 is 0. The molecule has 0 aliphatic heterocycles. The lowest BCUT2D eigenvalue weighted by Crippen LogP contribution is -2.02. The van der Waals surface area contributed by atoms with Crippen molar-refractivity contribution in [2.75, 3.05) is 0 Å². The highest BCUT2D eigenvalue weighted by Gasteiger charge is 2.08. The number of nitrogens with zero attached hydrogens (tertiary/aromatic N) is 1. The highest BCUT2D eigenvalue weighted by atomic mass is 16.6. The van der Waals surface area contributed by atoms with Crippen LogP contribution in [0, 0.1) is 10.1 Å². The summed E-state index contributed by atoms with van der Waals surface area (Å²) in [5.41, 5.74) is 1.67. The zero-order chi connectivity index (χ0) is 12.3. The van der Waals surface area contributed by atoms with Crippen LogP contribution >= 0.6 is 0 Å². The number of hydrogen-bond acceptors (Lipinski definition) is 4. The Hall–Kier alpha value is -2.40. The van der Waals surface area contributed by atoms with Gasteiger partial charge in [-0.3, -0.25) is 10.1 Å². The van der Waals surface area contributed by atoms with E-state index in [9.17, 15) is 10.1 Å². The third-order valence-electron chi connectivity index (χ3n) is 2.40. The predicted octanol–water partition coefficient (Wildman–Crippen LogP) is 2.51. The molecule has 2 aromatic carbocycles. The van der Waals surface area contributed by atoms with Crippen LogP contribution in [0.15, 0.2) is 48.5 Å². The number of nitrogens with two attached hydrogens (primary N) is 1. The van der Waals surface area contributed by atoms with Crippen LogP contribution in [0.3, 0.4) is 0 Å². The van der Waals surface area contributed by atoms with Crippen molar-refractivity contribution in [1.29, 1.82) is 0 Å². The van der Waals surface area contributed by atoms with Gasteiger partial charge in [0.2, 0.25) is 0 Å². The first-order chi connectivity index (χ1) is 8.22. The summed E-state index contributed by atoms with van der Waals surface area (Å²) in [7, 11) is 0. The fraction of sp³-hybridized carbons (Fsp3) is 0. The molecule has 0 spiro atoms. The molecule has 0 bridgehead atoms. The summed E-state index contributed by atoms with van der Waals surface area (Å²) in [5, 5.41) is 10.5. The zero-order valence-corrected chi connectivity index (χ0v) is 8.87. The molecule has 2 N–H and O–H groups in total. The van der Waals surface area contributed by atoms with E-state index in [2.05, 4.69) is 0 Å². The summed E-state index contributed by atoms with van der Waals surface area (Å²) in [6, 6.07) is 13.4. The molecule has 5 heteroatoms. The Morgan fingerprint density at radius 2 is 1.71 bits per heavy atom. The second-order valence-corrected chi connectivity index (χ2v) is 3.42. The van der Waals surface area contributed by atoms with Crippen LogP contribution in [0.2, 0.25) is 0 Å². The van der Waals surface area contributed by atoms with E-state index in [1.807, 2.05) is 12.1 Å². The highest BCUT2D eigenvalue weighted by molar-refractivity contribution is 5.71. The first-order valence-electron chi connectivity index (χ1n) is 4.93. The number of benzene rings is 2. The van der Waals surface area contributed by atoms with E-state index in [0.717, 1.165) is 11.1 Å². The number of nitro benzene ring substituents is 1. The minimum Gasteiger partial charge on any atom is -0.411 e. The average Bonchev–Trinajstić information content (AvgIpc) is 2.39. The van der Waals surface area contributed by atoms with E-state index in [1.54, 1.807) is 24.3 Å². The molecule has 0 atom stereocenters. The Bertz CT molecular complexity index is 538. The van der Waals surface area contributed by atoms with Gasteiger partial charge in [0.05, 0.1) is 4.92 Å². The third-order valence-corrected chi connectivity index (χ3v) is 2.40. The average molecular weight is 230 g/mol. The lowest BCUT2D eigenvalue weighted by molar-refractivity contribution is -0.384. The molecule has 0 fully saturated rings. The molecule has 0 aromatic heterocycles. The van der Waals surface area contributed by atoms with Crippen LogP contribution < -0.4 is 10.7 Å². The van der Waals surface area contributed by atoms with Gasteiger partial charge < -0.3 is 4.84 Å². The normalized spacial score (nSPS) is 9.94. The van der Waals surface area contributed by atoms with Gasteiger partial charge in [0, 0.05) is 17.7 Å². The molecule has 17 heavy (non-hydrogen) atoms. The fourth-order valence-corrected chi connectivity index (χ4v) is 1.57. The number of nitro groups is 1. The third kappa shape index (κ3) is 2.24. The van der Waals surface area contributed by atoms with Gasteiger partial charge in [-0.15, -0.1) is 0 Å². The van der Waals surface area contributed by atoms with Crippen molar-refractivity contribution in [2.24, 2.45) is 5.90 Å². The second kappa shape index (κ2) is 4.63. The van der Waals surface area contributed by atoms with Crippen LogP contribution in [0.4, 0.5) is 5.69 Å². The molecule has 0 radical (unpaired) electrons. The quantitative estimate of drug-likeness (QED) is 0.649. The van der Waals surface area contributed by atoms with Crippen molar-refractivity contribution >= 4 is 5.69 Å². The van der Waals surface area contributed by atoms with Crippen molar-refractivity contribution in [3.8, 4) is 16.9 Å². The Morgan fingerprint density at radius 1 is 1.06 bits per heavy atom. The first kappa shape index (κ1) is 11.1. The van der Waals surface area contributed by atoms with Crippen molar-refractivity contribution in [3.63, 3.8) is 0 Å². The maximum absolute atomic E-state index is 10.5. The number of rotatable bonds is 3. The second-order valence-electron chi connectivity index (χ2n) is 3.42. The van der Waals surface area contributed by atoms with Crippen LogP contribution in [0.1, 0.15) is 0 Å². The van der Waals surface area contributed by atoms with Gasteiger partial charge >= 0.3 is 0 Å². The topological polar surface area (TPSA) is 78.4 Å². The van der Waals surface area contributed by atoms with Crippen LogP contribution in [0.25, 0.3) is 11.1 Å². The molecule has 0 aliphatic rings. The van der Waals surface area contributed by atoms with Gasteiger partial charge in [0.25, 0.3) is 5.69 Å². The molecule has 2 aromatic rings. The van der Waals surface area contributed by atoms with Crippen molar-refractivity contribution in [2.45, 2.75) is 0 Å². The minimum atomic E-state index is -0.435. The molecule has 0 saturated heterocycles. The SMILES string of the molecule is NOc1ccccc1-c1ccc([N+](=O)[O-])cc1. The highest BCUT2D eigenvalue weighted by Crippen LogP contribution is 2.30. The Balaban J connectivity index is 2.43. The maximum atomic E-state index is 10.5. The lowest BCUT2D eigenvalue weighted by atomic mass is 10.0. The van der Waals surface area contributed by atoms with E-state index < -0.39 is 4.92 Å². The summed E-state index contributed by atoms with van der Waals surface area (Å²) in [4.78, 5) is 14.8. The van der Waals surface area contributed by atoms with Crippen LogP contribution in [0.5, 0.6) is 5.75 Å². The summed E-state index contributed by atoms with van der Waals surface area (Å²) in [6.07, 6.45) is 0. The molecule has 0 aliphatic carbocycles. The lowest BCUT2D eigenvalue weighted by Gasteiger charge is -2.06. The first-order valence-corrected chi connectivity index (χ1v) is 4.93. The molecule has 0 heterocycles. The molecule has 2 rings (SSSR count). The molecule has 5 nitrogen and oxygen atoms in total. The van der Waals surface area contributed by atoms with E-state index in [-0.39, 0.29) is 5.69 Å². The molecular weight excluding hydrogens is 220 g/mol. The molecule has 0 saturated carbocycles. The van der Waals surface area contributed by atoms with Crippen molar-refractivity contribution in [1.82, 2.24) is 0 Å². The van der Waals surface area contributed by atoms with E-state index >= 15 is 0 Å². The monoisotopic (exact) mass is 230 g/mol. The largest absolute Gasteiger partial charge is 0.411 e. The van der Waals surface area contributed by atoms with E-state index in [0.29, 0.717) is 5.75 Å². The van der Waals surface area contributed by atoms with Gasteiger partial charge in [-0.05, 0) is 23.8 Å². The fourth-order valence-electron chi connectivity index (χ4n) is 1.57. The van der Waals surface area contributed by atoms with Crippen LogP contribution in [-0.2, 0) is 0 Å². The molecular formula is C12H10N2O3. The summed E-state index contributed by atoms with van der Waals surface area (Å²) >= 11 is 0. The molecule has 86 valence electrons. The van der Waals surface area contributed by atoms with Gasteiger partial charge in [0.15, 0.2) is 5.75 Å². The Kier molecular flexibility index (Phi) is 3.02. The summed E-state index contributed by atoms with van der Waals surface area (Å²) in [6.45, 7) is 0. The number of para-hydroxylation sites is 1. The Morgan fingerprint density at radius 3 is 2.29 bits per heavy atom. The number of non-ortho nitro benzene ring substituents is 1. The van der Waals surface area contributed by atoms with Crippen molar-refractivity contribution < 1.29 is 9.76 Å². The van der Waals surface area contributed by atoms with Gasteiger partial charge in [-0.2, -0.15) is 5.90 Å². The molecule has 0 unspecified atom stereocenters. The number of hydrogen-bond donors (Lipinski definition) is 1. The van der Waals surface area contributed by atoms with Gasteiger partial charge in [-0.1, -0.05) is 18.2 Å². The standard InChI is InChI=1S/C12H10N2O3/c13-17-12-4-2-1-3-11(12)9-5-7-10(8-6-9)14(15)16/h1-8H,13H2. The van der Waals surface area contributed by atoms with Gasteiger partial charge in [-0.25, -0.2) is 0 Å². The van der Waals surface area contributed by atoms with E-state index in [4.69, 9.17) is 10.7 Å². The van der Waals surface area contributed by atoms with E-state index in [1.165, 1.54) is 12.1 Å². The van der Waals surface area contributed by atoms with Gasteiger partial charge in [0.1, 0.15) is 0 Å². The molecule has 0 amide bonds. The summed E-state index contributed by atoms with van der Waals surface area (Å²) in [5.74, 6) is 5.69. The zero-order valence-electron chi connectivity index (χ0n) is 8.87. The van der Waals surface area contributed by atoms with Crippen LogP contribution in [-0.4, -0.2) is 4.92 Å². The minimum absolute atomic E-state index is 0.0555. The Labute approximate surface area is 97.5 Å². The maximum Gasteiger partial charge on any atom is 0.269 e.